The largest absolute Gasteiger partial charge is 0.425 e. The molecule has 140 valence electrons. The average molecular weight is 474 g/mol. The highest BCUT2D eigenvalue weighted by Crippen LogP contribution is 2.36. The second-order valence-electron chi connectivity index (χ2n) is 6.15. The number of ketones is 1. The molecule has 5 nitrogen and oxygen atoms in total. The van der Waals surface area contributed by atoms with Gasteiger partial charge in [0.25, 0.3) is 5.91 Å². The number of esters is 1. The summed E-state index contributed by atoms with van der Waals surface area (Å²) in [4.78, 5) is 39.6. The molecule has 1 saturated heterocycles. The van der Waals surface area contributed by atoms with E-state index in [2.05, 4.69) is 15.9 Å². The van der Waals surface area contributed by atoms with Crippen molar-refractivity contribution in [1.29, 1.82) is 0 Å². The smallest absolute Gasteiger partial charge is 0.324 e. The van der Waals surface area contributed by atoms with Crippen molar-refractivity contribution in [3.63, 3.8) is 0 Å². The number of nitrogens with zero attached hydrogens (tertiary/aromatic N) is 1. The number of hydrogen-bond donors (Lipinski definition) is 0. The fraction of sp³-hybridized carbons (Fsp3) is 0.100. The summed E-state index contributed by atoms with van der Waals surface area (Å²) in [5, 5.41) is 0. The van der Waals surface area contributed by atoms with Crippen molar-refractivity contribution in [3.05, 3.63) is 69.0 Å². The molecule has 0 aromatic heterocycles. The van der Waals surface area contributed by atoms with Crippen LogP contribution in [0.1, 0.15) is 15.9 Å². The highest BCUT2D eigenvalue weighted by molar-refractivity contribution is 9.10. The average Bonchev–Trinajstić information content (AvgIpc) is 2.94. The van der Waals surface area contributed by atoms with Crippen molar-refractivity contribution in [1.82, 2.24) is 4.90 Å². The number of ether oxygens (including phenoxy) is 1. The molecular weight excluding hydrogens is 462 g/mol. The minimum atomic E-state index is -1.10. The van der Waals surface area contributed by atoms with Crippen LogP contribution >= 0.6 is 39.9 Å². The van der Waals surface area contributed by atoms with Gasteiger partial charge in [-0.1, -0.05) is 70.2 Å². The van der Waals surface area contributed by atoms with Gasteiger partial charge in [-0.3, -0.25) is 19.3 Å². The van der Waals surface area contributed by atoms with Gasteiger partial charge in [-0.05, 0) is 29.8 Å². The van der Waals surface area contributed by atoms with E-state index < -0.39 is 11.9 Å². The van der Waals surface area contributed by atoms with Gasteiger partial charge >= 0.3 is 5.97 Å². The number of para-hydroxylation sites is 1. The third kappa shape index (κ3) is 3.43. The number of rotatable bonds is 3. The second kappa shape index (κ2) is 7.62. The van der Waals surface area contributed by atoms with Gasteiger partial charge in [0.15, 0.2) is 5.78 Å². The molecule has 2 aromatic rings. The molecule has 1 atom stereocenters. The number of carbonyl (C=O) groups excluding carboxylic acids is 3. The third-order valence-electron chi connectivity index (χ3n) is 4.39. The zero-order chi connectivity index (χ0) is 19.8. The van der Waals surface area contributed by atoms with Crippen LogP contribution in [0.5, 0.6) is 5.75 Å². The van der Waals surface area contributed by atoms with Gasteiger partial charge in [0, 0.05) is 11.0 Å². The minimum absolute atomic E-state index is 0.135. The number of thiocarbonyl (C=S) groups is 1. The summed E-state index contributed by atoms with van der Waals surface area (Å²) >= 11 is 9.91. The van der Waals surface area contributed by atoms with Crippen molar-refractivity contribution in [2.45, 2.75) is 0 Å². The van der Waals surface area contributed by atoms with Crippen molar-refractivity contribution in [2.75, 3.05) is 6.54 Å². The molecule has 0 N–H and O–H groups in total. The van der Waals surface area contributed by atoms with Crippen LogP contribution in [0.4, 0.5) is 0 Å². The molecule has 2 aliphatic heterocycles. The van der Waals surface area contributed by atoms with Crippen molar-refractivity contribution in [2.24, 2.45) is 5.92 Å². The Labute approximate surface area is 178 Å². The molecular formula is C20H12BrNO4S2. The first kappa shape index (κ1) is 19.0. The molecule has 2 aliphatic rings. The molecule has 1 fully saturated rings. The normalized spacial score (nSPS) is 20.5. The Hall–Kier alpha value is -2.29. The number of fused-ring (bicyclic) bond motifs is 1. The third-order valence-corrected chi connectivity index (χ3v) is 6.49. The Morgan fingerprint density at radius 2 is 1.82 bits per heavy atom. The molecule has 1 amide bonds. The summed E-state index contributed by atoms with van der Waals surface area (Å²) in [5.74, 6) is -2.22. The fourth-order valence-corrected chi connectivity index (χ4v) is 4.63. The molecule has 0 bridgehead atoms. The lowest BCUT2D eigenvalue weighted by Crippen LogP contribution is -2.43. The summed E-state index contributed by atoms with van der Waals surface area (Å²) in [6, 6.07) is 14.1. The van der Waals surface area contributed by atoms with Crippen molar-refractivity contribution < 1.29 is 19.1 Å². The Bertz CT molecular complexity index is 1070. The Morgan fingerprint density at radius 3 is 2.61 bits per heavy atom. The fourth-order valence-electron chi connectivity index (χ4n) is 2.96. The molecule has 28 heavy (non-hydrogen) atoms. The van der Waals surface area contributed by atoms with Crippen LogP contribution in [0, 0.1) is 5.92 Å². The molecule has 2 aromatic carbocycles. The van der Waals surface area contributed by atoms with Gasteiger partial charge in [0.05, 0.1) is 10.5 Å². The number of Topliss-reactive ketones (excluding diaryl/α,β-unsaturated/α-hetero) is 1. The minimum Gasteiger partial charge on any atom is -0.425 e. The molecule has 4 rings (SSSR count). The van der Waals surface area contributed by atoms with E-state index in [1.165, 1.54) is 4.90 Å². The summed E-state index contributed by atoms with van der Waals surface area (Å²) in [6.45, 7) is -0.135. The highest BCUT2D eigenvalue weighted by Gasteiger charge is 2.42. The predicted molar refractivity (Wildman–Crippen MR) is 114 cm³/mol. The topological polar surface area (TPSA) is 63.7 Å². The maximum Gasteiger partial charge on any atom is 0.324 e. The van der Waals surface area contributed by atoms with Crippen molar-refractivity contribution in [3.8, 4) is 5.75 Å². The predicted octanol–water partition coefficient (Wildman–Crippen LogP) is 4.07. The van der Waals surface area contributed by atoms with E-state index in [1.807, 2.05) is 24.3 Å². The van der Waals surface area contributed by atoms with Gasteiger partial charge in [-0.2, -0.15) is 0 Å². The highest BCUT2D eigenvalue weighted by atomic mass is 79.9. The van der Waals surface area contributed by atoms with Crippen LogP contribution in [0.2, 0.25) is 0 Å². The maximum absolute atomic E-state index is 12.8. The second-order valence-corrected chi connectivity index (χ2v) is 8.68. The molecule has 0 aliphatic carbocycles. The van der Waals surface area contributed by atoms with E-state index in [9.17, 15) is 14.4 Å². The van der Waals surface area contributed by atoms with Gasteiger partial charge in [0.1, 0.15) is 16.0 Å². The molecule has 8 heteroatoms. The number of thioether (sulfide) groups is 1. The zero-order valence-electron chi connectivity index (χ0n) is 14.3. The van der Waals surface area contributed by atoms with E-state index in [1.54, 1.807) is 30.3 Å². The Balaban J connectivity index is 1.58. The lowest BCUT2D eigenvalue weighted by atomic mass is 9.94. The van der Waals surface area contributed by atoms with Crippen LogP contribution in [-0.4, -0.2) is 33.4 Å². The van der Waals surface area contributed by atoms with Crippen LogP contribution in [0.3, 0.4) is 0 Å². The summed E-state index contributed by atoms with van der Waals surface area (Å²) < 4.78 is 6.42. The maximum atomic E-state index is 12.8. The van der Waals surface area contributed by atoms with Gasteiger partial charge < -0.3 is 4.74 Å². The summed E-state index contributed by atoms with van der Waals surface area (Å²) in [7, 11) is 0. The van der Waals surface area contributed by atoms with E-state index in [0.29, 0.717) is 14.8 Å². The molecule has 0 radical (unpaired) electrons. The monoisotopic (exact) mass is 473 g/mol. The van der Waals surface area contributed by atoms with Crippen LogP contribution in [0.15, 0.2) is 57.9 Å². The number of carbonyl (C=O) groups is 3. The van der Waals surface area contributed by atoms with Gasteiger partial charge in [-0.15, -0.1) is 0 Å². The summed E-state index contributed by atoms with van der Waals surface area (Å²) in [6.07, 6.45) is 1.74. The standard InChI is InChI=1S/C20H12BrNO4S2/c21-14-7-3-1-5-11(14)9-16-18(24)22(20(27)28-16)10-13-17(23)12-6-2-4-8-15(12)26-19(13)25/h1-9,13H,10H2/b16-9-. The van der Waals surface area contributed by atoms with E-state index >= 15 is 0 Å². The van der Waals surface area contributed by atoms with Crippen molar-refractivity contribution >= 4 is 68.0 Å². The SMILES string of the molecule is O=C1Oc2ccccc2C(=O)C1CN1C(=O)/C(=C/c2ccccc2Br)SC1=S. The first-order valence-electron chi connectivity index (χ1n) is 8.30. The number of halogens is 1. The van der Waals surface area contributed by atoms with Gasteiger partial charge in [-0.25, -0.2) is 0 Å². The van der Waals surface area contributed by atoms with E-state index in [4.69, 9.17) is 17.0 Å². The quantitative estimate of drug-likeness (QED) is 0.220. The van der Waals surface area contributed by atoms with Gasteiger partial charge in [0.2, 0.25) is 0 Å². The molecule has 0 saturated carbocycles. The lowest BCUT2D eigenvalue weighted by molar-refractivity contribution is -0.138. The number of hydrogen-bond acceptors (Lipinski definition) is 6. The molecule has 0 spiro atoms. The first-order chi connectivity index (χ1) is 13.5. The number of benzene rings is 2. The Morgan fingerprint density at radius 1 is 1.11 bits per heavy atom. The van der Waals surface area contributed by atoms with Crippen LogP contribution < -0.4 is 4.74 Å². The number of amides is 1. The summed E-state index contributed by atoms with van der Waals surface area (Å²) in [5.41, 5.74) is 1.17. The van der Waals surface area contributed by atoms with Crippen LogP contribution in [-0.2, 0) is 9.59 Å². The van der Waals surface area contributed by atoms with Crippen LogP contribution in [0.25, 0.3) is 6.08 Å². The molecule has 1 unspecified atom stereocenters. The van der Waals surface area contributed by atoms with E-state index in [-0.39, 0.29) is 24.0 Å². The van der Waals surface area contributed by atoms with E-state index in [0.717, 1.165) is 21.8 Å². The zero-order valence-corrected chi connectivity index (χ0v) is 17.5. The lowest BCUT2D eigenvalue weighted by Gasteiger charge is -2.25. The Kier molecular flexibility index (Phi) is 5.18. The first-order valence-corrected chi connectivity index (χ1v) is 10.3. The molecule has 2 heterocycles.